The lowest BCUT2D eigenvalue weighted by atomic mass is 9.88. The Kier molecular flexibility index (Phi) is 4.97. The minimum Gasteiger partial charge on any atom is -0.494 e. The highest BCUT2D eigenvalue weighted by Crippen LogP contribution is 2.39. The molecule has 1 aliphatic rings. The highest BCUT2D eigenvalue weighted by molar-refractivity contribution is 6.05. The van der Waals surface area contributed by atoms with Crippen LogP contribution in [0.5, 0.6) is 5.88 Å². The van der Waals surface area contributed by atoms with Gasteiger partial charge in [-0.25, -0.2) is 0 Å². The number of aliphatic hydroxyl groups is 1. The maximum atomic E-state index is 10.5. The molecule has 2 aromatic carbocycles. The molecule has 1 aliphatic heterocycles. The summed E-state index contributed by atoms with van der Waals surface area (Å²) in [7, 11) is 0. The molecule has 140 valence electrons. The Hall–Kier alpha value is -2.63. The van der Waals surface area contributed by atoms with Gasteiger partial charge < -0.3 is 15.2 Å². The van der Waals surface area contributed by atoms with Gasteiger partial charge in [-0.15, -0.1) is 0 Å². The first-order valence-electron chi connectivity index (χ1n) is 9.50. The van der Waals surface area contributed by atoms with E-state index in [-0.39, 0.29) is 12.5 Å². The lowest BCUT2D eigenvalue weighted by Gasteiger charge is -2.29. The smallest absolute Gasteiger partial charge is 0.198 e. The molecule has 0 saturated heterocycles. The van der Waals surface area contributed by atoms with Gasteiger partial charge in [0.05, 0.1) is 24.2 Å². The Bertz CT molecular complexity index is 976. The van der Waals surface area contributed by atoms with E-state index in [1.165, 1.54) is 22.3 Å². The third-order valence-corrected chi connectivity index (χ3v) is 5.38. The number of aromatic nitrogens is 1. The summed E-state index contributed by atoms with van der Waals surface area (Å²) < 4.78 is 0. The summed E-state index contributed by atoms with van der Waals surface area (Å²) in [6.07, 6.45) is 2.66. The van der Waals surface area contributed by atoms with Crippen molar-refractivity contribution >= 4 is 17.1 Å². The second-order valence-electron chi connectivity index (χ2n) is 6.93. The molecule has 0 unspecified atom stereocenters. The van der Waals surface area contributed by atoms with Crippen molar-refractivity contribution in [3.63, 3.8) is 0 Å². The summed E-state index contributed by atoms with van der Waals surface area (Å²) in [5.74, 6) is 0.132. The molecule has 0 fully saturated rings. The van der Waals surface area contributed by atoms with E-state index in [4.69, 9.17) is 5.11 Å². The first kappa shape index (κ1) is 17.8. The number of hydrogen-bond acceptors (Lipinski definition) is 4. The minimum atomic E-state index is -0.00423. The average molecular weight is 363 g/mol. The lowest BCUT2D eigenvalue weighted by molar-refractivity contribution is 0.269. The molecule has 1 aromatic heterocycles. The van der Waals surface area contributed by atoms with E-state index in [1.807, 2.05) is 6.07 Å². The van der Waals surface area contributed by atoms with Crippen molar-refractivity contribution in [3.05, 3.63) is 53.1 Å². The van der Waals surface area contributed by atoms with E-state index in [0.29, 0.717) is 12.1 Å². The van der Waals surface area contributed by atoms with Crippen molar-refractivity contribution in [2.24, 2.45) is 4.99 Å². The number of H-pyrrole nitrogens is 1. The van der Waals surface area contributed by atoms with Crippen LogP contribution in [0.3, 0.4) is 0 Å². The predicted molar refractivity (Wildman–Crippen MR) is 110 cm³/mol. The predicted octanol–water partition coefficient (Wildman–Crippen LogP) is 3.33. The summed E-state index contributed by atoms with van der Waals surface area (Å²) in [4.78, 5) is 9.83. The molecule has 27 heavy (non-hydrogen) atoms. The van der Waals surface area contributed by atoms with Gasteiger partial charge in [-0.05, 0) is 41.3 Å². The molecule has 0 aliphatic carbocycles. The highest BCUT2D eigenvalue weighted by Gasteiger charge is 2.24. The normalized spacial score (nSPS) is 14.9. The average Bonchev–Trinajstić information content (AvgIpc) is 3.03. The lowest BCUT2D eigenvalue weighted by Crippen LogP contribution is -2.30. The van der Waals surface area contributed by atoms with E-state index in [0.717, 1.165) is 37.0 Å². The summed E-state index contributed by atoms with van der Waals surface area (Å²) in [5.41, 5.74) is 6.72. The Morgan fingerprint density at radius 3 is 2.78 bits per heavy atom. The van der Waals surface area contributed by atoms with Crippen molar-refractivity contribution < 1.29 is 10.2 Å². The number of aromatic hydroxyl groups is 1. The molecule has 0 bridgehead atoms. The van der Waals surface area contributed by atoms with Crippen LogP contribution in [-0.2, 0) is 13.0 Å². The zero-order chi connectivity index (χ0) is 18.8. The summed E-state index contributed by atoms with van der Waals surface area (Å²) in [6, 6.07) is 12.6. The molecular weight excluding hydrogens is 338 g/mol. The molecule has 5 nitrogen and oxygen atoms in total. The summed E-state index contributed by atoms with van der Waals surface area (Å²) in [5, 5.41) is 20.5. The van der Waals surface area contributed by atoms with Gasteiger partial charge >= 0.3 is 0 Å². The Morgan fingerprint density at radius 2 is 2.04 bits per heavy atom. The van der Waals surface area contributed by atoms with Crippen LogP contribution in [-0.4, -0.2) is 52.6 Å². The Labute approximate surface area is 159 Å². The zero-order valence-corrected chi connectivity index (χ0v) is 15.6. The molecule has 4 rings (SSSR count). The molecule has 0 atom stereocenters. The molecule has 5 heteroatoms. The van der Waals surface area contributed by atoms with Crippen LogP contribution < -0.4 is 0 Å². The van der Waals surface area contributed by atoms with E-state index >= 15 is 0 Å². The summed E-state index contributed by atoms with van der Waals surface area (Å²) in [6.45, 7) is 5.43. The molecule has 0 amide bonds. The van der Waals surface area contributed by atoms with Crippen molar-refractivity contribution in [2.75, 3.05) is 26.2 Å². The van der Waals surface area contributed by atoms with Gasteiger partial charge in [0.2, 0.25) is 0 Å². The third-order valence-electron chi connectivity index (χ3n) is 5.38. The van der Waals surface area contributed by atoms with Crippen molar-refractivity contribution in [1.82, 2.24) is 9.88 Å². The molecule has 3 N–H and O–H groups in total. The first-order chi connectivity index (χ1) is 13.2. The number of fused-ring (bicyclic) bond motifs is 3. The largest absolute Gasteiger partial charge is 0.494 e. The second kappa shape index (κ2) is 7.55. The number of benzene rings is 2. The first-order valence-corrected chi connectivity index (χ1v) is 9.50. The maximum Gasteiger partial charge on any atom is 0.198 e. The fourth-order valence-electron chi connectivity index (χ4n) is 3.97. The van der Waals surface area contributed by atoms with Crippen molar-refractivity contribution in [3.8, 4) is 17.0 Å². The highest BCUT2D eigenvalue weighted by atomic mass is 16.3. The van der Waals surface area contributed by atoms with E-state index in [9.17, 15) is 5.11 Å². The molecule has 0 spiro atoms. The van der Waals surface area contributed by atoms with Gasteiger partial charge in [-0.1, -0.05) is 37.3 Å². The van der Waals surface area contributed by atoms with Gasteiger partial charge in [-0.3, -0.25) is 9.89 Å². The third kappa shape index (κ3) is 3.24. The monoisotopic (exact) mass is 363 g/mol. The minimum absolute atomic E-state index is 0.00423. The second-order valence-corrected chi connectivity index (χ2v) is 6.93. The molecule has 3 aromatic rings. The van der Waals surface area contributed by atoms with E-state index in [2.05, 4.69) is 52.1 Å². The number of rotatable bonds is 5. The SMILES string of the molecule is CCN1CCc2c(-c3ccccc3)cc3c(C=NCCO)c(O)[nH]c3c2C1. The number of likely N-dealkylation sites (N-methyl/N-ethyl adjacent to an activating group) is 1. The number of aliphatic hydroxyl groups excluding tert-OH is 1. The number of aromatic amines is 1. The van der Waals surface area contributed by atoms with Crippen LogP contribution in [0, 0.1) is 0 Å². The number of hydrogen-bond donors (Lipinski definition) is 3. The number of nitrogens with one attached hydrogen (secondary N) is 1. The van der Waals surface area contributed by atoms with E-state index in [1.54, 1.807) is 6.21 Å². The van der Waals surface area contributed by atoms with Crippen LogP contribution in [0.4, 0.5) is 0 Å². The van der Waals surface area contributed by atoms with Gasteiger partial charge in [0.25, 0.3) is 0 Å². The molecular formula is C22H25N3O2. The zero-order valence-electron chi connectivity index (χ0n) is 15.6. The van der Waals surface area contributed by atoms with Crippen LogP contribution in [0.2, 0.25) is 0 Å². The van der Waals surface area contributed by atoms with E-state index < -0.39 is 0 Å². The quantitative estimate of drug-likeness (QED) is 0.609. The number of aliphatic imine (C=N–C) groups is 1. The molecule has 0 saturated carbocycles. The van der Waals surface area contributed by atoms with Crippen LogP contribution in [0.15, 0.2) is 41.4 Å². The van der Waals surface area contributed by atoms with Crippen molar-refractivity contribution in [2.45, 2.75) is 19.9 Å². The molecule has 0 radical (unpaired) electrons. The number of nitrogens with zero attached hydrogens (tertiary/aromatic N) is 2. The summed E-state index contributed by atoms with van der Waals surface area (Å²) >= 11 is 0. The Balaban J connectivity index is 1.96. The van der Waals surface area contributed by atoms with Gasteiger partial charge in [0.15, 0.2) is 5.88 Å². The van der Waals surface area contributed by atoms with Gasteiger partial charge in [-0.2, -0.15) is 0 Å². The fourth-order valence-corrected chi connectivity index (χ4v) is 3.97. The van der Waals surface area contributed by atoms with Gasteiger partial charge in [0.1, 0.15) is 0 Å². The van der Waals surface area contributed by atoms with Crippen LogP contribution in [0.25, 0.3) is 22.0 Å². The van der Waals surface area contributed by atoms with Gasteiger partial charge in [0, 0.05) is 24.7 Å². The standard InChI is InChI=1S/C22H25N3O2/c1-2-25-10-8-16-17(15-6-4-3-5-7-15)12-18-19(13-23-9-11-26)22(27)24-21(18)20(16)14-25/h3-7,12-13,24,26-27H,2,8-11,14H2,1H3. The van der Waals surface area contributed by atoms with Crippen LogP contribution in [0.1, 0.15) is 23.6 Å². The van der Waals surface area contributed by atoms with Crippen molar-refractivity contribution in [1.29, 1.82) is 0 Å². The molecule has 2 heterocycles. The topological polar surface area (TPSA) is 71.8 Å². The maximum absolute atomic E-state index is 10.5. The van der Waals surface area contributed by atoms with Crippen LogP contribution >= 0.6 is 0 Å². The fraction of sp³-hybridized carbons (Fsp3) is 0.318. The Morgan fingerprint density at radius 1 is 1.22 bits per heavy atom.